The Morgan fingerprint density at radius 1 is 1.00 bits per heavy atom. The molecular formula is C29H36O2. The molecular weight excluding hydrogens is 380 g/mol. The minimum atomic E-state index is -0.114. The molecule has 0 amide bonds. The normalized spacial score (nSPS) is 41.0. The van der Waals surface area contributed by atoms with Crippen molar-refractivity contribution in [3.8, 4) is 11.8 Å². The van der Waals surface area contributed by atoms with E-state index in [1.165, 1.54) is 44.1 Å². The van der Waals surface area contributed by atoms with E-state index in [0.29, 0.717) is 11.3 Å². The quantitative estimate of drug-likeness (QED) is 0.383. The van der Waals surface area contributed by atoms with Gasteiger partial charge in [-0.3, -0.25) is 4.79 Å². The molecule has 0 saturated heterocycles. The number of hydrogen-bond acceptors (Lipinski definition) is 2. The Morgan fingerprint density at radius 3 is 2.58 bits per heavy atom. The van der Waals surface area contributed by atoms with Gasteiger partial charge >= 0.3 is 5.97 Å². The van der Waals surface area contributed by atoms with Gasteiger partial charge in [0.05, 0.1) is 0 Å². The predicted octanol–water partition coefficient (Wildman–Crippen LogP) is 6.55. The van der Waals surface area contributed by atoms with E-state index >= 15 is 0 Å². The maximum absolute atomic E-state index is 11.5. The lowest BCUT2D eigenvalue weighted by molar-refractivity contribution is -0.158. The molecule has 5 rings (SSSR count). The zero-order valence-corrected chi connectivity index (χ0v) is 19.3. The van der Waals surface area contributed by atoms with E-state index in [4.69, 9.17) is 4.74 Å². The summed E-state index contributed by atoms with van der Waals surface area (Å²) in [7, 11) is 0. The van der Waals surface area contributed by atoms with Crippen LogP contribution >= 0.6 is 0 Å². The summed E-state index contributed by atoms with van der Waals surface area (Å²) in [5, 5.41) is 0. The molecule has 2 heteroatoms. The van der Waals surface area contributed by atoms with Crippen LogP contribution in [0.5, 0.6) is 0 Å². The number of ether oxygens (including phenoxy) is 1. The maximum Gasteiger partial charge on any atom is 0.302 e. The Hall–Kier alpha value is -2.01. The van der Waals surface area contributed by atoms with Crippen molar-refractivity contribution in [2.24, 2.45) is 34.5 Å². The Morgan fingerprint density at radius 2 is 1.81 bits per heavy atom. The van der Waals surface area contributed by atoms with E-state index < -0.39 is 0 Å². The summed E-state index contributed by atoms with van der Waals surface area (Å²) in [6, 6.07) is 10.4. The molecule has 1 aromatic carbocycles. The molecule has 4 aliphatic rings. The van der Waals surface area contributed by atoms with Crippen molar-refractivity contribution >= 4 is 5.97 Å². The summed E-state index contributed by atoms with van der Waals surface area (Å²) in [5.41, 5.74) is 3.17. The van der Waals surface area contributed by atoms with Crippen LogP contribution in [0.1, 0.15) is 77.7 Å². The molecule has 0 aromatic heterocycles. The van der Waals surface area contributed by atoms with E-state index in [1.807, 2.05) is 0 Å². The number of allylic oxidation sites excluding steroid dienone is 2. The van der Waals surface area contributed by atoms with Crippen LogP contribution in [0.25, 0.3) is 0 Å². The third-order valence-electron chi connectivity index (χ3n) is 9.65. The Labute approximate surface area is 187 Å². The summed E-state index contributed by atoms with van der Waals surface area (Å²) in [6.07, 6.45) is 12.4. The molecule has 4 aliphatic carbocycles. The lowest BCUT2D eigenvalue weighted by Crippen LogP contribution is -2.53. The largest absolute Gasteiger partial charge is 0.463 e. The first-order chi connectivity index (χ1) is 14.9. The number of carbonyl (C=O) groups excluding carboxylic acids is 1. The van der Waals surface area contributed by atoms with Crippen LogP contribution in [-0.4, -0.2) is 12.1 Å². The fourth-order valence-electron chi connectivity index (χ4n) is 7.98. The minimum Gasteiger partial charge on any atom is -0.463 e. The van der Waals surface area contributed by atoms with Gasteiger partial charge in [-0.25, -0.2) is 0 Å². The van der Waals surface area contributed by atoms with Gasteiger partial charge in [0.15, 0.2) is 0 Å². The van der Waals surface area contributed by atoms with Gasteiger partial charge in [-0.15, -0.1) is 0 Å². The smallest absolute Gasteiger partial charge is 0.302 e. The first-order valence-electron chi connectivity index (χ1n) is 12.3. The molecule has 0 spiro atoms. The molecule has 0 unspecified atom stereocenters. The number of hydrogen-bond donors (Lipinski definition) is 0. The zero-order valence-electron chi connectivity index (χ0n) is 19.3. The van der Waals surface area contributed by atoms with E-state index in [1.54, 1.807) is 6.92 Å². The van der Waals surface area contributed by atoms with Gasteiger partial charge < -0.3 is 4.74 Å². The summed E-state index contributed by atoms with van der Waals surface area (Å²) in [6.45, 7) is 6.62. The van der Waals surface area contributed by atoms with Gasteiger partial charge in [0.25, 0.3) is 0 Å². The van der Waals surface area contributed by atoms with Crippen molar-refractivity contribution in [1.29, 1.82) is 0 Å². The van der Waals surface area contributed by atoms with Crippen LogP contribution < -0.4 is 0 Å². The second-order valence-electron chi connectivity index (χ2n) is 11.1. The number of carbonyl (C=O) groups is 1. The average Bonchev–Trinajstić information content (AvgIpc) is 3.09. The van der Waals surface area contributed by atoms with Gasteiger partial charge in [-0.05, 0) is 92.6 Å². The highest BCUT2D eigenvalue weighted by Crippen LogP contribution is 2.66. The fraction of sp³-hybridized carbons (Fsp3) is 0.621. The second kappa shape index (κ2) is 7.84. The molecule has 0 heterocycles. The van der Waals surface area contributed by atoms with E-state index in [0.717, 1.165) is 36.2 Å². The maximum atomic E-state index is 11.5. The zero-order chi connectivity index (χ0) is 21.6. The van der Waals surface area contributed by atoms with Crippen molar-refractivity contribution in [3.05, 3.63) is 47.5 Å². The van der Waals surface area contributed by atoms with Crippen molar-refractivity contribution in [1.82, 2.24) is 0 Å². The molecule has 2 nitrogen and oxygen atoms in total. The molecule has 164 valence electrons. The van der Waals surface area contributed by atoms with Crippen LogP contribution in [0.4, 0.5) is 0 Å². The fourth-order valence-corrected chi connectivity index (χ4v) is 7.98. The SMILES string of the molecule is CC(=O)O[C@@H]1CC[C@]2(C)[C@H](CC[C@H]3[C@H]4CC=C(C#Cc5ccccc5)[C@]4(C)CC[C@@H]32)C1. The van der Waals surface area contributed by atoms with Crippen molar-refractivity contribution in [2.45, 2.75) is 78.2 Å². The second-order valence-corrected chi connectivity index (χ2v) is 11.1. The Kier molecular flexibility index (Phi) is 5.28. The standard InChI is InChI=1S/C29H36O2/c1-20(30)31-24-15-17-29(3)23(19-24)11-13-25-26-14-12-22(28(26,2)18-16-27(25)29)10-9-21-7-5-4-6-8-21/h4-8,12,23-27H,11,13-19H2,1-3H3/t23-,24-,25+,26-,27+,28+,29-/m1/s1. The molecule has 1 aromatic rings. The van der Waals surface area contributed by atoms with Gasteiger partial charge in [0.1, 0.15) is 6.10 Å². The van der Waals surface area contributed by atoms with Crippen LogP contribution in [0.3, 0.4) is 0 Å². The molecule has 31 heavy (non-hydrogen) atoms. The minimum absolute atomic E-state index is 0.114. The number of benzene rings is 1. The lowest BCUT2D eigenvalue weighted by Gasteiger charge is -2.60. The topological polar surface area (TPSA) is 26.3 Å². The van der Waals surface area contributed by atoms with E-state index in [2.05, 4.69) is 62.1 Å². The number of esters is 1. The third kappa shape index (κ3) is 3.55. The van der Waals surface area contributed by atoms with Crippen molar-refractivity contribution < 1.29 is 9.53 Å². The highest BCUT2D eigenvalue weighted by molar-refractivity contribution is 5.66. The van der Waals surface area contributed by atoms with Crippen LogP contribution in [0.2, 0.25) is 0 Å². The molecule has 0 N–H and O–H groups in total. The summed E-state index contributed by atoms with van der Waals surface area (Å²) < 4.78 is 5.62. The molecule has 3 fully saturated rings. The van der Waals surface area contributed by atoms with Gasteiger partial charge in [-0.2, -0.15) is 0 Å². The van der Waals surface area contributed by atoms with Gasteiger partial charge in [0.2, 0.25) is 0 Å². The van der Waals surface area contributed by atoms with Crippen molar-refractivity contribution in [2.75, 3.05) is 0 Å². The van der Waals surface area contributed by atoms with Crippen LogP contribution in [0.15, 0.2) is 42.0 Å². The molecule has 3 saturated carbocycles. The van der Waals surface area contributed by atoms with E-state index in [-0.39, 0.29) is 17.5 Å². The van der Waals surface area contributed by atoms with Gasteiger partial charge in [-0.1, -0.05) is 50.0 Å². The number of fused-ring (bicyclic) bond motifs is 5. The predicted molar refractivity (Wildman–Crippen MR) is 124 cm³/mol. The highest BCUT2D eigenvalue weighted by atomic mass is 16.5. The molecule has 7 atom stereocenters. The summed E-state index contributed by atoms with van der Waals surface area (Å²) in [4.78, 5) is 11.5. The van der Waals surface area contributed by atoms with Gasteiger partial charge in [0, 0.05) is 23.5 Å². The van der Waals surface area contributed by atoms with Crippen LogP contribution in [-0.2, 0) is 9.53 Å². The van der Waals surface area contributed by atoms with E-state index in [9.17, 15) is 4.79 Å². The monoisotopic (exact) mass is 416 g/mol. The summed E-state index contributed by atoms with van der Waals surface area (Å²) >= 11 is 0. The lowest BCUT2D eigenvalue weighted by atomic mass is 9.44. The Bertz CT molecular complexity index is 934. The highest BCUT2D eigenvalue weighted by Gasteiger charge is 2.58. The van der Waals surface area contributed by atoms with Crippen LogP contribution in [0, 0.1) is 46.3 Å². The molecule has 0 radical (unpaired) electrons. The third-order valence-corrected chi connectivity index (χ3v) is 9.65. The average molecular weight is 417 g/mol. The first kappa shape index (κ1) is 20.9. The first-order valence-corrected chi connectivity index (χ1v) is 12.3. The van der Waals surface area contributed by atoms with Crippen molar-refractivity contribution in [3.63, 3.8) is 0 Å². The Balaban J connectivity index is 1.33. The number of rotatable bonds is 1. The molecule has 0 aliphatic heterocycles. The summed E-state index contributed by atoms with van der Waals surface area (Å²) in [5.74, 6) is 9.99. The molecule has 0 bridgehead atoms.